The fourth-order valence-corrected chi connectivity index (χ4v) is 1.31. The molecule has 1 amide bonds. The van der Waals surface area contributed by atoms with Gasteiger partial charge in [0.1, 0.15) is 0 Å². The van der Waals surface area contributed by atoms with E-state index >= 15 is 0 Å². The second-order valence-corrected chi connectivity index (χ2v) is 2.73. The molecule has 0 aliphatic heterocycles. The number of anilines is 1. The Morgan fingerprint density at radius 2 is 2.33 bits per heavy atom. The van der Waals surface area contributed by atoms with Crippen LogP contribution in [0.1, 0.15) is 0 Å². The molecule has 7 heteroatoms. The Morgan fingerprint density at radius 3 is 3.00 bits per heavy atom. The third-order valence-corrected chi connectivity index (χ3v) is 1.87. The van der Waals surface area contributed by atoms with Crippen molar-refractivity contribution < 1.29 is 9.72 Å². The molecule has 0 radical (unpaired) electrons. The number of carbonyl (C=O) groups is 1. The molecule has 2 aromatic rings. The molecular weight excluding hydrogens is 200 g/mol. The zero-order chi connectivity index (χ0) is 10.8. The van der Waals surface area contributed by atoms with Gasteiger partial charge in [-0.2, -0.15) is 9.38 Å². The van der Waals surface area contributed by atoms with Gasteiger partial charge in [-0.25, -0.2) is 0 Å². The second-order valence-electron chi connectivity index (χ2n) is 2.73. The number of imidazole rings is 1. The molecule has 2 aromatic heterocycles. The number of nitrogens with zero attached hydrogens (tertiary/aromatic N) is 3. The maximum Gasteiger partial charge on any atom is 0.372 e. The topological polar surface area (TPSA) is 89.5 Å². The summed E-state index contributed by atoms with van der Waals surface area (Å²) in [7, 11) is 0. The molecule has 0 aliphatic carbocycles. The molecule has 0 fully saturated rings. The molecule has 1 N–H and O–H groups in total. The summed E-state index contributed by atoms with van der Waals surface area (Å²) in [6, 6.07) is 4.96. The van der Waals surface area contributed by atoms with E-state index in [1.807, 2.05) is 0 Å². The van der Waals surface area contributed by atoms with Crippen molar-refractivity contribution in [3.63, 3.8) is 0 Å². The van der Waals surface area contributed by atoms with Crippen molar-refractivity contribution in [3.05, 3.63) is 34.5 Å². The van der Waals surface area contributed by atoms with Gasteiger partial charge in [0, 0.05) is 6.07 Å². The molecular formula is C8H6N4O3. The molecule has 0 saturated carbocycles. The molecule has 2 heterocycles. The Balaban J connectivity index is 2.74. The first kappa shape index (κ1) is 9.13. The fourth-order valence-electron chi connectivity index (χ4n) is 1.31. The van der Waals surface area contributed by atoms with E-state index in [0.717, 1.165) is 0 Å². The summed E-state index contributed by atoms with van der Waals surface area (Å²) < 4.78 is 1.30. The predicted octanol–water partition coefficient (Wildman–Crippen LogP) is 0.811. The molecule has 0 unspecified atom stereocenters. The van der Waals surface area contributed by atoms with Crippen molar-refractivity contribution in [2.24, 2.45) is 0 Å². The number of amides is 1. The second kappa shape index (κ2) is 3.37. The number of aromatic nitrogens is 2. The van der Waals surface area contributed by atoms with Gasteiger partial charge in [-0.1, -0.05) is 6.07 Å². The van der Waals surface area contributed by atoms with Crippen LogP contribution in [0.2, 0.25) is 0 Å². The quantitative estimate of drug-likeness (QED) is 0.457. The summed E-state index contributed by atoms with van der Waals surface area (Å²) in [5.74, 6) is -0.307. The van der Waals surface area contributed by atoms with Crippen LogP contribution in [0.25, 0.3) is 5.65 Å². The highest BCUT2D eigenvalue weighted by Crippen LogP contribution is 2.24. The average molecular weight is 206 g/mol. The number of hydrogen-bond donors (Lipinski definition) is 1. The maximum atomic E-state index is 10.8. The molecule has 0 saturated heterocycles. The Hall–Kier alpha value is -2.44. The molecule has 76 valence electrons. The number of hydrogen-bond acceptors (Lipinski definition) is 4. The van der Waals surface area contributed by atoms with Gasteiger partial charge >= 0.3 is 5.82 Å². The molecule has 15 heavy (non-hydrogen) atoms. The molecule has 0 spiro atoms. The van der Waals surface area contributed by atoms with E-state index in [-0.39, 0.29) is 11.6 Å². The summed E-state index contributed by atoms with van der Waals surface area (Å²) in [5.41, 5.74) is 0.411. The molecule has 7 nitrogen and oxygen atoms in total. The van der Waals surface area contributed by atoms with Crippen molar-refractivity contribution in [2.45, 2.75) is 0 Å². The lowest BCUT2D eigenvalue weighted by Crippen LogP contribution is -2.00. The SMILES string of the molecule is O=CNc1nc2ccccn2c1[N+](=O)[O-]. The highest BCUT2D eigenvalue weighted by Gasteiger charge is 2.21. The van der Waals surface area contributed by atoms with Crippen molar-refractivity contribution in [1.29, 1.82) is 0 Å². The van der Waals surface area contributed by atoms with E-state index in [9.17, 15) is 14.9 Å². The van der Waals surface area contributed by atoms with Crippen LogP contribution < -0.4 is 5.32 Å². The summed E-state index contributed by atoms with van der Waals surface area (Å²) in [4.78, 5) is 24.3. The van der Waals surface area contributed by atoms with Crippen LogP contribution in [0.5, 0.6) is 0 Å². The predicted molar refractivity (Wildman–Crippen MR) is 51.5 cm³/mol. The number of rotatable bonds is 3. The first-order chi connectivity index (χ1) is 7.24. The first-order valence-electron chi connectivity index (χ1n) is 4.05. The maximum absolute atomic E-state index is 10.8. The van der Waals surface area contributed by atoms with Gasteiger partial charge in [-0.3, -0.25) is 4.79 Å². The smallest absolute Gasteiger partial charge is 0.358 e. The fraction of sp³-hybridized carbons (Fsp3) is 0. The van der Waals surface area contributed by atoms with E-state index in [1.165, 1.54) is 10.6 Å². The highest BCUT2D eigenvalue weighted by molar-refractivity contribution is 5.76. The van der Waals surface area contributed by atoms with Crippen LogP contribution in [-0.2, 0) is 4.79 Å². The van der Waals surface area contributed by atoms with E-state index in [1.54, 1.807) is 18.2 Å². The minimum Gasteiger partial charge on any atom is -0.358 e. The van der Waals surface area contributed by atoms with Crippen molar-refractivity contribution >= 4 is 23.7 Å². The van der Waals surface area contributed by atoms with Gasteiger partial charge in [0.15, 0.2) is 0 Å². The number of carbonyl (C=O) groups excluding carboxylic acids is 1. The monoisotopic (exact) mass is 206 g/mol. The minimum atomic E-state index is -0.591. The number of fused-ring (bicyclic) bond motifs is 1. The molecule has 0 aromatic carbocycles. The van der Waals surface area contributed by atoms with Crippen LogP contribution in [0.4, 0.5) is 11.6 Å². The lowest BCUT2D eigenvalue weighted by molar-refractivity contribution is -0.389. The average Bonchev–Trinajstić information content (AvgIpc) is 2.56. The van der Waals surface area contributed by atoms with Crippen LogP contribution in [-0.4, -0.2) is 20.7 Å². The van der Waals surface area contributed by atoms with Crippen LogP contribution in [0.15, 0.2) is 24.4 Å². The molecule has 0 aliphatic rings. The first-order valence-corrected chi connectivity index (χ1v) is 4.05. The summed E-state index contributed by atoms with van der Waals surface area (Å²) in [6.07, 6.45) is 1.87. The van der Waals surface area contributed by atoms with Gasteiger partial charge in [0.2, 0.25) is 17.9 Å². The Morgan fingerprint density at radius 1 is 1.53 bits per heavy atom. The standard InChI is InChI=1S/C8H6N4O3/c13-5-9-7-8(12(14)15)11-4-2-1-3-6(11)10-7/h1-5H,(H,9,13). The third kappa shape index (κ3) is 1.39. The zero-order valence-corrected chi connectivity index (χ0v) is 7.45. The molecule has 0 bridgehead atoms. The van der Waals surface area contributed by atoms with Crippen molar-refractivity contribution in [3.8, 4) is 0 Å². The molecule has 0 atom stereocenters. The van der Waals surface area contributed by atoms with Crippen molar-refractivity contribution in [2.75, 3.05) is 5.32 Å². The van der Waals surface area contributed by atoms with E-state index in [0.29, 0.717) is 12.1 Å². The van der Waals surface area contributed by atoms with Crippen LogP contribution in [0.3, 0.4) is 0 Å². The lowest BCUT2D eigenvalue weighted by Gasteiger charge is -1.94. The summed E-state index contributed by atoms with van der Waals surface area (Å²) in [5, 5.41) is 13.0. The van der Waals surface area contributed by atoms with Crippen molar-refractivity contribution in [1.82, 2.24) is 9.38 Å². The van der Waals surface area contributed by atoms with Gasteiger partial charge in [-0.15, -0.1) is 0 Å². The van der Waals surface area contributed by atoms with Gasteiger partial charge in [0.05, 0.1) is 6.20 Å². The van der Waals surface area contributed by atoms with Gasteiger partial charge < -0.3 is 15.4 Å². The largest absolute Gasteiger partial charge is 0.372 e. The Bertz CT molecular complexity index is 534. The Labute approximate surface area is 83.5 Å². The number of nitrogens with one attached hydrogen (secondary N) is 1. The zero-order valence-electron chi connectivity index (χ0n) is 7.45. The number of pyridine rings is 1. The van der Waals surface area contributed by atoms with E-state index in [4.69, 9.17) is 0 Å². The summed E-state index contributed by atoms with van der Waals surface area (Å²) >= 11 is 0. The van der Waals surface area contributed by atoms with E-state index in [2.05, 4.69) is 10.3 Å². The molecule has 2 rings (SSSR count). The van der Waals surface area contributed by atoms with Gasteiger partial charge in [0.25, 0.3) is 0 Å². The number of nitro groups is 1. The van der Waals surface area contributed by atoms with Crippen LogP contribution in [0, 0.1) is 10.1 Å². The van der Waals surface area contributed by atoms with E-state index < -0.39 is 4.92 Å². The Kier molecular flexibility index (Phi) is 2.05. The summed E-state index contributed by atoms with van der Waals surface area (Å²) in [6.45, 7) is 0. The lowest BCUT2D eigenvalue weighted by atomic mass is 10.5. The van der Waals surface area contributed by atoms with Crippen LogP contribution >= 0.6 is 0 Å². The van der Waals surface area contributed by atoms with Gasteiger partial charge in [-0.05, 0) is 11.0 Å². The minimum absolute atomic E-state index is 0.0544. The third-order valence-electron chi connectivity index (χ3n) is 1.87. The normalized spacial score (nSPS) is 10.1. The highest BCUT2D eigenvalue weighted by atomic mass is 16.6.